The summed E-state index contributed by atoms with van der Waals surface area (Å²) in [5.74, 6) is 0.109. The standard InChI is InChI=1S/C20H25N3O/c1-16(2)22-12-14-23(15-13-22)20(24)18-10-6-7-11-19(18)21-17-8-4-3-5-9-17/h3-11,16,21H,12-15H2,1-2H3. The molecule has 4 heteroatoms. The number of nitrogens with zero attached hydrogens (tertiary/aromatic N) is 2. The van der Waals surface area contributed by atoms with Gasteiger partial charge in [0.05, 0.1) is 11.3 Å². The highest BCUT2D eigenvalue weighted by atomic mass is 16.2. The maximum Gasteiger partial charge on any atom is 0.256 e. The molecule has 126 valence electrons. The molecular weight excluding hydrogens is 298 g/mol. The topological polar surface area (TPSA) is 35.6 Å². The Morgan fingerprint density at radius 1 is 0.917 bits per heavy atom. The summed E-state index contributed by atoms with van der Waals surface area (Å²) in [6.07, 6.45) is 0. The lowest BCUT2D eigenvalue weighted by Gasteiger charge is -2.37. The first-order valence-electron chi connectivity index (χ1n) is 8.59. The first-order chi connectivity index (χ1) is 11.6. The number of rotatable bonds is 4. The van der Waals surface area contributed by atoms with Crippen molar-refractivity contribution >= 4 is 17.3 Å². The van der Waals surface area contributed by atoms with E-state index in [1.807, 2.05) is 59.5 Å². The fourth-order valence-electron chi connectivity index (χ4n) is 3.07. The van der Waals surface area contributed by atoms with E-state index in [0.29, 0.717) is 6.04 Å². The molecule has 1 fully saturated rings. The summed E-state index contributed by atoms with van der Waals surface area (Å²) in [6, 6.07) is 18.2. The van der Waals surface area contributed by atoms with Crippen LogP contribution in [0.25, 0.3) is 0 Å². The van der Waals surface area contributed by atoms with E-state index in [9.17, 15) is 4.79 Å². The predicted molar refractivity (Wildman–Crippen MR) is 98.8 cm³/mol. The van der Waals surface area contributed by atoms with Crippen molar-refractivity contribution in [1.29, 1.82) is 0 Å². The quantitative estimate of drug-likeness (QED) is 0.934. The van der Waals surface area contributed by atoms with Crippen molar-refractivity contribution in [3.05, 3.63) is 60.2 Å². The van der Waals surface area contributed by atoms with Crippen molar-refractivity contribution in [2.24, 2.45) is 0 Å². The number of amides is 1. The summed E-state index contributed by atoms with van der Waals surface area (Å²) < 4.78 is 0. The average Bonchev–Trinajstić information content (AvgIpc) is 2.62. The lowest BCUT2D eigenvalue weighted by atomic mass is 10.1. The van der Waals surface area contributed by atoms with Crippen LogP contribution >= 0.6 is 0 Å². The Hall–Kier alpha value is -2.33. The van der Waals surface area contributed by atoms with Crippen molar-refractivity contribution in [2.75, 3.05) is 31.5 Å². The van der Waals surface area contributed by atoms with Gasteiger partial charge in [0.2, 0.25) is 0 Å². The Morgan fingerprint density at radius 2 is 1.54 bits per heavy atom. The van der Waals surface area contributed by atoms with Crippen LogP contribution in [0.2, 0.25) is 0 Å². The van der Waals surface area contributed by atoms with Crippen molar-refractivity contribution in [3.63, 3.8) is 0 Å². The molecule has 0 bridgehead atoms. The van der Waals surface area contributed by atoms with Gasteiger partial charge in [0, 0.05) is 37.9 Å². The second-order valence-corrected chi connectivity index (χ2v) is 6.46. The highest BCUT2D eigenvalue weighted by Crippen LogP contribution is 2.22. The molecule has 1 amide bonds. The fraction of sp³-hybridized carbons (Fsp3) is 0.350. The fourth-order valence-corrected chi connectivity index (χ4v) is 3.07. The van der Waals surface area contributed by atoms with Crippen LogP contribution in [0.5, 0.6) is 0 Å². The maximum absolute atomic E-state index is 13.0. The van der Waals surface area contributed by atoms with E-state index in [-0.39, 0.29) is 5.91 Å². The molecule has 1 aliphatic rings. The molecule has 1 aliphatic heterocycles. The van der Waals surface area contributed by atoms with Gasteiger partial charge in [-0.15, -0.1) is 0 Å². The van der Waals surface area contributed by atoms with Crippen LogP contribution in [-0.4, -0.2) is 47.9 Å². The third-order valence-electron chi connectivity index (χ3n) is 4.54. The maximum atomic E-state index is 13.0. The Bertz CT molecular complexity index is 676. The van der Waals surface area contributed by atoms with Crippen LogP contribution in [0.15, 0.2) is 54.6 Å². The zero-order chi connectivity index (χ0) is 16.9. The Morgan fingerprint density at radius 3 is 2.21 bits per heavy atom. The number of para-hydroxylation sites is 2. The molecule has 0 radical (unpaired) electrons. The first-order valence-corrected chi connectivity index (χ1v) is 8.59. The van der Waals surface area contributed by atoms with Gasteiger partial charge in [0.15, 0.2) is 0 Å². The van der Waals surface area contributed by atoms with Gasteiger partial charge in [0.25, 0.3) is 5.91 Å². The monoisotopic (exact) mass is 323 g/mol. The molecule has 4 nitrogen and oxygen atoms in total. The van der Waals surface area contributed by atoms with Gasteiger partial charge in [-0.25, -0.2) is 0 Å². The zero-order valence-corrected chi connectivity index (χ0v) is 14.4. The highest BCUT2D eigenvalue weighted by Gasteiger charge is 2.24. The number of anilines is 2. The molecule has 0 spiro atoms. The molecule has 1 N–H and O–H groups in total. The number of hydrogen-bond donors (Lipinski definition) is 1. The number of carbonyl (C=O) groups is 1. The largest absolute Gasteiger partial charge is 0.355 e. The second kappa shape index (κ2) is 7.49. The lowest BCUT2D eigenvalue weighted by Crippen LogP contribution is -2.50. The van der Waals surface area contributed by atoms with Crippen molar-refractivity contribution < 1.29 is 4.79 Å². The van der Waals surface area contributed by atoms with E-state index in [2.05, 4.69) is 24.1 Å². The van der Waals surface area contributed by atoms with E-state index >= 15 is 0 Å². The number of hydrogen-bond acceptors (Lipinski definition) is 3. The molecule has 1 heterocycles. The van der Waals surface area contributed by atoms with E-state index in [1.165, 1.54) is 0 Å². The summed E-state index contributed by atoms with van der Waals surface area (Å²) in [6.45, 7) is 7.87. The van der Waals surface area contributed by atoms with Crippen LogP contribution in [0, 0.1) is 0 Å². The van der Waals surface area contributed by atoms with E-state index < -0.39 is 0 Å². The molecule has 24 heavy (non-hydrogen) atoms. The van der Waals surface area contributed by atoms with Crippen LogP contribution in [0.3, 0.4) is 0 Å². The van der Waals surface area contributed by atoms with Crippen LogP contribution in [0.4, 0.5) is 11.4 Å². The van der Waals surface area contributed by atoms with Gasteiger partial charge in [-0.1, -0.05) is 30.3 Å². The normalized spacial score (nSPS) is 15.5. The minimum atomic E-state index is 0.109. The van der Waals surface area contributed by atoms with Gasteiger partial charge in [-0.05, 0) is 38.1 Å². The molecule has 2 aromatic carbocycles. The van der Waals surface area contributed by atoms with Crippen LogP contribution in [0.1, 0.15) is 24.2 Å². The number of carbonyl (C=O) groups excluding carboxylic acids is 1. The molecule has 0 saturated carbocycles. The lowest BCUT2D eigenvalue weighted by molar-refractivity contribution is 0.0596. The average molecular weight is 323 g/mol. The summed E-state index contributed by atoms with van der Waals surface area (Å²) in [7, 11) is 0. The Balaban J connectivity index is 1.74. The van der Waals surface area contributed by atoms with Crippen molar-refractivity contribution in [2.45, 2.75) is 19.9 Å². The molecule has 2 aromatic rings. The van der Waals surface area contributed by atoms with Crippen molar-refractivity contribution in [1.82, 2.24) is 9.80 Å². The number of piperazine rings is 1. The molecule has 0 unspecified atom stereocenters. The number of nitrogens with one attached hydrogen (secondary N) is 1. The van der Waals surface area contributed by atoms with Gasteiger partial charge in [-0.3, -0.25) is 9.69 Å². The van der Waals surface area contributed by atoms with Crippen LogP contribution in [-0.2, 0) is 0 Å². The first kappa shape index (κ1) is 16.5. The van der Waals surface area contributed by atoms with Gasteiger partial charge in [0.1, 0.15) is 0 Å². The smallest absolute Gasteiger partial charge is 0.256 e. The minimum Gasteiger partial charge on any atom is -0.355 e. The Kier molecular flexibility index (Phi) is 5.16. The summed E-state index contributed by atoms with van der Waals surface area (Å²) in [4.78, 5) is 17.3. The summed E-state index contributed by atoms with van der Waals surface area (Å²) in [5, 5.41) is 3.36. The SMILES string of the molecule is CC(C)N1CCN(C(=O)c2ccccc2Nc2ccccc2)CC1. The summed E-state index contributed by atoms with van der Waals surface area (Å²) in [5.41, 5.74) is 2.58. The molecular formula is C20H25N3O. The summed E-state index contributed by atoms with van der Waals surface area (Å²) >= 11 is 0. The van der Waals surface area contributed by atoms with E-state index in [0.717, 1.165) is 43.1 Å². The molecule has 3 rings (SSSR count). The number of benzene rings is 2. The molecule has 0 aliphatic carbocycles. The molecule has 0 atom stereocenters. The highest BCUT2D eigenvalue weighted by molar-refractivity contribution is 6.00. The Labute approximate surface area is 144 Å². The van der Waals surface area contributed by atoms with Crippen LogP contribution < -0.4 is 5.32 Å². The minimum absolute atomic E-state index is 0.109. The van der Waals surface area contributed by atoms with E-state index in [1.54, 1.807) is 0 Å². The second-order valence-electron chi connectivity index (χ2n) is 6.46. The third-order valence-corrected chi connectivity index (χ3v) is 4.54. The van der Waals surface area contributed by atoms with Gasteiger partial charge >= 0.3 is 0 Å². The van der Waals surface area contributed by atoms with Gasteiger partial charge < -0.3 is 10.2 Å². The molecule has 1 saturated heterocycles. The molecule has 0 aromatic heterocycles. The van der Waals surface area contributed by atoms with Crippen molar-refractivity contribution in [3.8, 4) is 0 Å². The zero-order valence-electron chi connectivity index (χ0n) is 14.4. The van der Waals surface area contributed by atoms with Gasteiger partial charge in [-0.2, -0.15) is 0 Å². The van der Waals surface area contributed by atoms with E-state index in [4.69, 9.17) is 0 Å². The predicted octanol–water partition coefficient (Wildman–Crippen LogP) is 3.60. The third kappa shape index (κ3) is 3.77.